The molecule has 11 rings (SSSR count). The molecule has 0 amide bonds. The van der Waals surface area contributed by atoms with Gasteiger partial charge >= 0.3 is 0 Å². The van der Waals surface area contributed by atoms with Crippen LogP contribution in [-0.2, 0) is 37.3 Å². The number of para-hydroxylation sites is 3. The van der Waals surface area contributed by atoms with Crippen molar-refractivity contribution in [2.45, 2.75) is 78.6 Å². The molecule has 0 saturated heterocycles. The second-order valence-corrected chi connectivity index (χ2v) is 20.7. The number of benzene rings is 7. The van der Waals surface area contributed by atoms with Crippen molar-refractivity contribution >= 4 is 66.5 Å². The second-order valence-electron chi connectivity index (χ2n) is 20.7. The van der Waals surface area contributed by atoms with Gasteiger partial charge in [0.05, 0.1) is 0 Å². The predicted molar refractivity (Wildman–Crippen MR) is 273 cm³/mol. The Kier molecular flexibility index (Phi) is 10.8. The first-order valence-corrected chi connectivity index (χ1v) is 22.9. The number of ether oxygens (including phenoxy) is 1. The zero-order valence-corrected chi connectivity index (χ0v) is 41.7. The number of aromatic nitrogens is 2. The third-order valence-electron chi connectivity index (χ3n) is 13.0. The molecule has 7 aromatic carbocycles. The van der Waals surface area contributed by atoms with Gasteiger partial charge in [-0.3, -0.25) is 0 Å². The van der Waals surface area contributed by atoms with E-state index in [0.717, 1.165) is 83.4 Å². The van der Waals surface area contributed by atoms with Gasteiger partial charge in [-0.05, 0) is 104 Å². The van der Waals surface area contributed by atoms with Gasteiger partial charge < -0.3 is 23.5 Å². The maximum absolute atomic E-state index is 6.72. The number of nitrogens with zero attached hydrogens (tertiary/aromatic N) is 4. The number of pyridine rings is 1. The Hall–Kier alpha value is -6.62. The van der Waals surface area contributed by atoms with Crippen LogP contribution in [0.25, 0.3) is 60.7 Å². The van der Waals surface area contributed by atoms with Crippen LogP contribution in [0.4, 0.5) is 22.7 Å². The normalized spacial score (nSPS) is 13.2. The summed E-state index contributed by atoms with van der Waals surface area (Å²) >= 11 is 0. The van der Waals surface area contributed by atoms with Crippen LogP contribution in [0.1, 0.15) is 79.0 Å². The molecule has 0 radical (unpaired) electrons. The summed E-state index contributed by atoms with van der Waals surface area (Å²) in [4.78, 5) is 9.46. The molecule has 1 aliphatic rings. The molecular formula is C60H53N4O2Pt-3. The zero-order chi connectivity index (χ0) is 45.7. The van der Waals surface area contributed by atoms with Gasteiger partial charge in [-0.25, -0.2) is 4.98 Å². The van der Waals surface area contributed by atoms with Crippen LogP contribution in [-0.4, -0.2) is 9.55 Å². The van der Waals surface area contributed by atoms with E-state index in [1.807, 2.05) is 42.6 Å². The Morgan fingerprint density at radius 1 is 0.552 bits per heavy atom. The third kappa shape index (κ3) is 7.89. The number of hydrogen-bond acceptors (Lipinski definition) is 5. The molecule has 0 atom stereocenters. The number of rotatable bonds is 6. The van der Waals surface area contributed by atoms with Crippen LogP contribution in [0.5, 0.6) is 11.5 Å². The van der Waals surface area contributed by atoms with Crippen molar-refractivity contribution in [1.29, 1.82) is 0 Å². The Balaban J connectivity index is 0.00000525. The van der Waals surface area contributed by atoms with Crippen molar-refractivity contribution in [3.05, 3.63) is 187 Å². The summed E-state index contributed by atoms with van der Waals surface area (Å²) in [6, 6.07) is 58.7. The van der Waals surface area contributed by atoms with Gasteiger partial charge in [0.2, 0.25) is 0 Å². The van der Waals surface area contributed by atoms with Gasteiger partial charge in [0.1, 0.15) is 17.0 Å². The fourth-order valence-corrected chi connectivity index (χ4v) is 9.29. The van der Waals surface area contributed by atoms with E-state index in [1.54, 1.807) is 0 Å². The summed E-state index contributed by atoms with van der Waals surface area (Å²) in [6.45, 7) is 22.6. The minimum atomic E-state index is -0.0648. The van der Waals surface area contributed by atoms with Gasteiger partial charge in [-0.1, -0.05) is 128 Å². The molecule has 0 fully saturated rings. The number of anilines is 4. The SMILES string of the molecule is CC(C)(C)c1cc(N2[CH-]N(c3[c-]c(Oc4[c-]c5c(cc4)c4cc(-c6cccc7oc8ccccc8c67)ccc4n5-c4cc(C(C)(C)C)ccn4)ccc3)c3ccccc32)cc(C(C)(C)C)c1.[Pt]. The first-order valence-electron chi connectivity index (χ1n) is 22.9. The molecule has 0 spiro atoms. The Morgan fingerprint density at radius 3 is 1.97 bits per heavy atom. The Morgan fingerprint density at radius 2 is 1.22 bits per heavy atom. The zero-order valence-electron chi connectivity index (χ0n) is 39.4. The molecule has 6 nitrogen and oxygen atoms in total. The molecule has 338 valence electrons. The standard InChI is InChI=1S/C60H53N4O2.Pt/c1-58(2,3)39-28-29-61-56(34-39)64-50-27-24-38(46-19-15-23-55-57(46)48-18-10-13-22-54(48)66-55)30-49(50)47-26-25-45(36-53(47)64)65-44-17-14-16-42(35-44)62-37-63(52-21-12-11-20-51(52)62)43-32-40(59(4,5)6)31-41(33-43)60(7,8)9;/h10-34,37H,1-9H3;/q-3;. The molecule has 0 N–H and O–H groups in total. The van der Waals surface area contributed by atoms with Crippen molar-refractivity contribution in [2.75, 3.05) is 9.80 Å². The first-order chi connectivity index (χ1) is 31.6. The molecule has 0 bridgehead atoms. The van der Waals surface area contributed by atoms with E-state index >= 15 is 0 Å². The molecule has 0 saturated carbocycles. The second kappa shape index (κ2) is 16.3. The smallest absolute Gasteiger partial charge is 0.136 e. The van der Waals surface area contributed by atoms with E-state index in [0.29, 0.717) is 11.5 Å². The fraction of sp³-hybridized carbons (Fsp3) is 0.200. The summed E-state index contributed by atoms with van der Waals surface area (Å²) in [6.07, 6.45) is 1.91. The summed E-state index contributed by atoms with van der Waals surface area (Å²) in [5.74, 6) is 2.01. The monoisotopic (exact) mass is 1060 g/mol. The first kappa shape index (κ1) is 44.2. The van der Waals surface area contributed by atoms with Crippen LogP contribution in [0.3, 0.4) is 0 Å². The Bertz CT molecular complexity index is 3490. The van der Waals surface area contributed by atoms with E-state index in [9.17, 15) is 0 Å². The fourth-order valence-electron chi connectivity index (χ4n) is 9.29. The topological polar surface area (TPSA) is 46.7 Å². The quantitative estimate of drug-likeness (QED) is 0.155. The molecule has 1 aliphatic heterocycles. The van der Waals surface area contributed by atoms with Gasteiger partial charge in [-0.15, -0.1) is 48.1 Å². The van der Waals surface area contributed by atoms with Gasteiger partial charge in [-0.2, -0.15) is 12.1 Å². The minimum absolute atomic E-state index is 0. The largest absolute Gasteiger partial charge is 0.509 e. The summed E-state index contributed by atoms with van der Waals surface area (Å²) in [7, 11) is 0. The summed E-state index contributed by atoms with van der Waals surface area (Å²) in [5.41, 5.74) is 13.8. The maximum atomic E-state index is 6.72. The van der Waals surface area contributed by atoms with E-state index in [1.165, 1.54) is 16.7 Å². The van der Waals surface area contributed by atoms with Gasteiger partial charge in [0.15, 0.2) is 0 Å². The van der Waals surface area contributed by atoms with Crippen LogP contribution in [0.15, 0.2) is 156 Å². The van der Waals surface area contributed by atoms with Crippen LogP contribution >= 0.6 is 0 Å². The summed E-state index contributed by atoms with van der Waals surface area (Å²) < 4.78 is 15.2. The molecule has 0 aliphatic carbocycles. The maximum Gasteiger partial charge on any atom is 0.136 e. The van der Waals surface area contributed by atoms with E-state index < -0.39 is 0 Å². The van der Waals surface area contributed by atoms with Crippen LogP contribution in [0, 0.1) is 18.8 Å². The average molecular weight is 1060 g/mol. The third-order valence-corrected chi connectivity index (χ3v) is 13.0. The number of furan rings is 1. The van der Waals surface area contributed by atoms with Crippen molar-refractivity contribution in [3.63, 3.8) is 0 Å². The van der Waals surface area contributed by atoms with Crippen molar-refractivity contribution in [3.8, 4) is 28.4 Å². The number of fused-ring (bicyclic) bond motifs is 7. The molecule has 67 heavy (non-hydrogen) atoms. The van der Waals surface area contributed by atoms with Gasteiger partial charge in [0, 0.05) is 72.1 Å². The van der Waals surface area contributed by atoms with Crippen LogP contribution < -0.4 is 14.5 Å². The van der Waals surface area contributed by atoms with Gasteiger partial charge in [0.25, 0.3) is 0 Å². The minimum Gasteiger partial charge on any atom is -0.509 e. The average Bonchev–Trinajstić information content (AvgIpc) is 3.98. The van der Waals surface area contributed by atoms with Crippen molar-refractivity contribution < 1.29 is 30.2 Å². The van der Waals surface area contributed by atoms with E-state index in [-0.39, 0.29) is 37.3 Å². The molecule has 10 aromatic rings. The molecule has 4 heterocycles. The number of hydrogen-bond donors (Lipinski definition) is 0. The molecule has 7 heteroatoms. The molecular weight excluding hydrogens is 1000 g/mol. The molecule has 3 aromatic heterocycles. The molecule has 0 unspecified atom stereocenters. The van der Waals surface area contributed by atoms with E-state index in [2.05, 4.69) is 205 Å². The van der Waals surface area contributed by atoms with Crippen LogP contribution in [0.2, 0.25) is 0 Å². The predicted octanol–water partition coefficient (Wildman–Crippen LogP) is 16.4. The Labute approximate surface area is 408 Å². The van der Waals surface area contributed by atoms with E-state index in [4.69, 9.17) is 14.1 Å². The van der Waals surface area contributed by atoms with Crippen molar-refractivity contribution in [1.82, 2.24) is 9.55 Å². The van der Waals surface area contributed by atoms with Crippen molar-refractivity contribution in [2.24, 2.45) is 0 Å². The summed E-state index contributed by atoms with van der Waals surface area (Å²) in [5, 5.41) is 4.37.